The number of fused-ring (bicyclic) bond motifs is 1. The molecule has 1 aromatic rings. The van der Waals surface area contributed by atoms with E-state index < -0.39 is 0 Å². The van der Waals surface area contributed by atoms with Gasteiger partial charge in [0.05, 0.1) is 19.1 Å². The van der Waals surface area contributed by atoms with E-state index in [1.54, 1.807) is 17.8 Å². The number of terminal acetylenes is 1. The van der Waals surface area contributed by atoms with Gasteiger partial charge in [-0.15, -0.1) is 18.2 Å². The fraction of sp³-hybridized carbons (Fsp3) is 0.357. The first-order valence-electron chi connectivity index (χ1n) is 6.06. The highest BCUT2D eigenvalue weighted by Crippen LogP contribution is 2.36. The first-order chi connectivity index (χ1) is 9.20. The van der Waals surface area contributed by atoms with Crippen LogP contribution in [0.1, 0.15) is 18.0 Å². The van der Waals surface area contributed by atoms with E-state index in [1.807, 2.05) is 0 Å². The van der Waals surface area contributed by atoms with E-state index >= 15 is 0 Å². The third-order valence-corrected chi connectivity index (χ3v) is 3.98. The van der Waals surface area contributed by atoms with Crippen molar-refractivity contribution in [3.05, 3.63) is 29.6 Å². The number of rotatable bonds is 4. The van der Waals surface area contributed by atoms with Gasteiger partial charge in [0.1, 0.15) is 5.82 Å². The average molecular weight is 278 g/mol. The van der Waals surface area contributed by atoms with Crippen LogP contribution in [0.15, 0.2) is 23.1 Å². The molecule has 0 spiro atoms. The highest BCUT2D eigenvalue weighted by atomic mass is 32.2. The van der Waals surface area contributed by atoms with Crippen molar-refractivity contribution in [3.8, 4) is 12.3 Å². The molecular weight excluding hydrogens is 263 g/mol. The molecule has 0 aromatic heterocycles. The van der Waals surface area contributed by atoms with Crippen molar-refractivity contribution in [1.29, 1.82) is 0 Å². The minimum atomic E-state index is -0.272. The van der Waals surface area contributed by atoms with E-state index in [0.29, 0.717) is 6.54 Å². The lowest BCUT2D eigenvalue weighted by Gasteiger charge is -2.26. The van der Waals surface area contributed by atoms with Crippen LogP contribution in [0.4, 0.5) is 4.39 Å². The van der Waals surface area contributed by atoms with Crippen LogP contribution >= 0.6 is 11.8 Å². The summed E-state index contributed by atoms with van der Waals surface area (Å²) in [7, 11) is 0. The lowest BCUT2D eigenvalue weighted by molar-refractivity contribution is -0.121. The summed E-state index contributed by atoms with van der Waals surface area (Å²) in [5, 5.41) is 5.74. The lowest BCUT2D eigenvalue weighted by Crippen LogP contribution is -2.37. The number of halogens is 1. The Morgan fingerprint density at radius 1 is 1.58 bits per heavy atom. The fourth-order valence-electron chi connectivity index (χ4n) is 2.01. The molecule has 1 amide bonds. The normalized spacial score (nSPS) is 17.4. The van der Waals surface area contributed by atoms with Crippen LogP contribution in [0.5, 0.6) is 0 Å². The largest absolute Gasteiger partial charge is 0.348 e. The van der Waals surface area contributed by atoms with E-state index in [1.165, 1.54) is 12.1 Å². The van der Waals surface area contributed by atoms with E-state index in [-0.39, 0.29) is 24.3 Å². The molecule has 19 heavy (non-hydrogen) atoms. The Morgan fingerprint density at radius 3 is 3.21 bits per heavy atom. The fourth-order valence-corrected chi connectivity index (χ4v) is 3.11. The Balaban J connectivity index is 2.01. The van der Waals surface area contributed by atoms with E-state index in [4.69, 9.17) is 6.42 Å². The molecule has 5 heteroatoms. The smallest absolute Gasteiger partial charge is 0.234 e. The van der Waals surface area contributed by atoms with Crippen molar-refractivity contribution in [2.45, 2.75) is 17.4 Å². The van der Waals surface area contributed by atoms with E-state index in [9.17, 15) is 9.18 Å². The summed E-state index contributed by atoms with van der Waals surface area (Å²) in [5.41, 5.74) is 0.863. The van der Waals surface area contributed by atoms with Crippen molar-refractivity contribution < 1.29 is 9.18 Å². The van der Waals surface area contributed by atoms with E-state index in [2.05, 4.69) is 16.6 Å². The Bertz CT molecular complexity index is 513. The highest BCUT2D eigenvalue weighted by molar-refractivity contribution is 7.99. The van der Waals surface area contributed by atoms with E-state index in [0.717, 1.165) is 22.6 Å². The number of carbonyl (C=O) groups excluding carboxylic acids is 1. The third-order valence-electron chi connectivity index (χ3n) is 2.86. The summed E-state index contributed by atoms with van der Waals surface area (Å²) < 4.78 is 13.3. The van der Waals surface area contributed by atoms with Gasteiger partial charge in [0.25, 0.3) is 0 Å². The SMILES string of the molecule is C#CCNCC(=O)NC1CCSc2ccc(F)cc21. The molecule has 2 rings (SSSR count). The molecule has 100 valence electrons. The molecule has 0 fully saturated rings. The topological polar surface area (TPSA) is 41.1 Å². The van der Waals surface area contributed by atoms with Gasteiger partial charge < -0.3 is 5.32 Å². The zero-order chi connectivity index (χ0) is 13.7. The summed E-state index contributed by atoms with van der Waals surface area (Å²) in [6.07, 6.45) is 5.90. The van der Waals surface area contributed by atoms with Crippen LogP contribution in [-0.2, 0) is 4.79 Å². The molecule has 0 bridgehead atoms. The Kier molecular flexibility index (Phi) is 4.83. The van der Waals surface area contributed by atoms with Crippen LogP contribution < -0.4 is 10.6 Å². The summed E-state index contributed by atoms with van der Waals surface area (Å²) in [4.78, 5) is 12.8. The number of thioether (sulfide) groups is 1. The zero-order valence-corrected chi connectivity index (χ0v) is 11.2. The maximum Gasteiger partial charge on any atom is 0.234 e. The molecule has 1 atom stereocenters. The maximum absolute atomic E-state index is 13.3. The van der Waals surface area contributed by atoms with Crippen molar-refractivity contribution in [1.82, 2.24) is 10.6 Å². The first kappa shape index (κ1) is 13.9. The number of benzene rings is 1. The van der Waals surface area contributed by atoms with Gasteiger partial charge in [-0.25, -0.2) is 4.39 Å². The molecule has 1 aliphatic rings. The van der Waals surface area contributed by atoms with Gasteiger partial charge in [-0.05, 0) is 30.2 Å². The number of amides is 1. The predicted octanol–water partition coefficient (Wildman–Crippen LogP) is 1.70. The van der Waals surface area contributed by atoms with Crippen LogP contribution in [0, 0.1) is 18.2 Å². The number of hydrogen-bond acceptors (Lipinski definition) is 3. The molecule has 1 aliphatic heterocycles. The van der Waals surface area contributed by atoms with Gasteiger partial charge in [-0.3, -0.25) is 10.1 Å². The second kappa shape index (κ2) is 6.60. The quantitative estimate of drug-likeness (QED) is 0.650. The maximum atomic E-state index is 13.3. The Hall–Kier alpha value is -1.51. The standard InChI is InChI=1S/C14H15FN2OS/c1-2-6-16-9-14(18)17-12-5-7-19-13-4-3-10(15)8-11(12)13/h1,3-4,8,12,16H,5-7,9H2,(H,17,18). The molecule has 1 unspecified atom stereocenters. The molecule has 0 radical (unpaired) electrons. The predicted molar refractivity (Wildman–Crippen MR) is 74.3 cm³/mol. The van der Waals surface area contributed by atoms with Crippen LogP contribution in [0.25, 0.3) is 0 Å². The minimum absolute atomic E-state index is 0.118. The van der Waals surface area contributed by atoms with Gasteiger partial charge in [0.15, 0.2) is 0 Å². The highest BCUT2D eigenvalue weighted by Gasteiger charge is 2.22. The zero-order valence-electron chi connectivity index (χ0n) is 10.4. The summed E-state index contributed by atoms with van der Waals surface area (Å²) >= 11 is 1.69. The molecule has 2 N–H and O–H groups in total. The summed E-state index contributed by atoms with van der Waals surface area (Å²) in [6, 6.07) is 4.60. The molecule has 3 nitrogen and oxygen atoms in total. The number of carbonyl (C=O) groups is 1. The Labute approximate surface area is 116 Å². The van der Waals surface area contributed by atoms with Gasteiger partial charge in [0, 0.05) is 10.6 Å². The third kappa shape index (κ3) is 3.72. The number of nitrogens with one attached hydrogen (secondary N) is 2. The van der Waals surface area contributed by atoms with Gasteiger partial charge in [-0.2, -0.15) is 0 Å². The van der Waals surface area contributed by atoms with Crippen LogP contribution in [-0.4, -0.2) is 24.7 Å². The molecule has 0 saturated carbocycles. The second-order valence-corrected chi connectivity index (χ2v) is 5.38. The van der Waals surface area contributed by atoms with Gasteiger partial charge in [0.2, 0.25) is 5.91 Å². The first-order valence-corrected chi connectivity index (χ1v) is 7.05. The summed E-state index contributed by atoms with van der Waals surface area (Å²) in [5.74, 6) is 2.93. The number of hydrogen-bond donors (Lipinski definition) is 2. The Morgan fingerprint density at radius 2 is 2.42 bits per heavy atom. The minimum Gasteiger partial charge on any atom is -0.348 e. The molecule has 1 aromatic carbocycles. The average Bonchev–Trinajstić information content (AvgIpc) is 2.40. The lowest BCUT2D eigenvalue weighted by atomic mass is 10.0. The van der Waals surface area contributed by atoms with Crippen molar-refractivity contribution >= 4 is 17.7 Å². The van der Waals surface area contributed by atoms with Gasteiger partial charge >= 0.3 is 0 Å². The molecule has 0 saturated heterocycles. The van der Waals surface area contributed by atoms with Crippen molar-refractivity contribution in [2.24, 2.45) is 0 Å². The van der Waals surface area contributed by atoms with Crippen LogP contribution in [0.2, 0.25) is 0 Å². The van der Waals surface area contributed by atoms with Crippen LogP contribution in [0.3, 0.4) is 0 Å². The van der Waals surface area contributed by atoms with Crippen molar-refractivity contribution in [3.63, 3.8) is 0 Å². The molecule has 0 aliphatic carbocycles. The molecule has 1 heterocycles. The van der Waals surface area contributed by atoms with Crippen molar-refractivity contribution in [2.75, 3.05) is 18.8 Å². The van der Waals surface area contributed by atoms with Gasteiger partial charge in [-0.1, -0.05) is 5.92 Å². The second-order valence-electron chi connectivity index (χ2n) is 4.25. The summed E-state index contributed by atoms with van der Waals surface area (Å²) in [6.45, 7) is 0.539. The monoisotopic (exact) mass is 278 g/mol. The molecular formula is C14H15FN2OS.